The number of likely N-dealkylation sites (tertiary alicyclic amines) is 1. The molecule has 0 spiro atoms. The van der Waals surface area contributed by atoms with Gasteiger partial charge >= 0.3 is 5.97 Å². The Kier molecular flexibility index (Phi) is 12.6. The van der Waals surface area contributed by atoms with Gasteiger partial charge in [-0.1, -0.05) is 18.2 Å². The molecule has 10 N–H and O–H groups in total. The van der Waals surface area contributed by atoms with E-state index >= 15 is 0 Å². The fraction of sp³-hybridized carbons (Fsp3) is 0.429. The number of aliphatic hydroxyl groups is 1. The van der Waals surface area contributed by atoms with Crippen LogP contribution in [-0.4, -0.2) is 115 Å². The van der Waals surface area contributed by atoms with Gasteiger partial charge in [-0.25, -0.2) is 9.78 Å². The predicted octanol–water partition coefficient (Wildman–Crippen LogP) is 0.483. The zero-order chi connectivity index (χ0) is 37.2. The second-order valence-electron chi connectivity index (χ2n) is 12.8. The summed E-state index contributed by atoms with van der Waals surface area (Å²) in [5.41, 5.74) is 13.6. The monoisotopic (exact) mass is 719 g/mol. The number of aliphatic imine (C=N–C) groups is 1. The highest BCUT2D eigenvalue weighted by molar-refractivity contribution is 6.14. The number of piperidine rings is 1. The topological polar surface area (TPSA) is 260 Å². The lowest BCUT2D eigenvalue weighted by Gasteiger charge is -2.28. The van der Waals surface area contributed by atoms with Crippen LogP contribution < -0.4 is 37.5 Å². The van der Waals surface area contributed by atoms with Crippen LogP contribution in [0, 0.1) is 5.92 Å². The third-order valence-electron chi connectivity index (χ3n) is 8.86. The van der Waals surface area contributed by atoms with E-state index in [4.69, 9.17) is 25.6 Å². The van der Waals surface area contributed by atoms with Crippen molar-refractivity contribution in [3.8, 4) is 5.75 Å². The first-order chi connectivity index (χ1) is 25.0. The zero-order valence-electron chi connectivity index (χ0n) is 28.9. The first-order valence-electron chi connectivity index (χ1n) is 17.1. The van der Waals surface area contributed by atoms with Gasteiger partial charge in [-0.15, -0.1) is 0 Å². The number of nitrogens with zero attached hydrogens (tertiary/aromatic N) is 3. The van der Waals surface area contributed by atoms with Gasteiger partial charge in [0.1, 0.15) is 28.9 Å². The van der Waals surface area contributed by atoms with Gasteiger partial charge < -0.3 is 57.0 Å². The number of ether oxygens (including phenoxy) is 1. The largest absolute Gasteiger partial charge is 0.493 e. The number of fused-ring (bicyclic) bond motifs is 4. The van der Waals surface area contributed by atoms with E-state index in [1.807, 2.05) is 42.5 Å². The van der Waals surface area contributed by atoms with E-state index in [1.165, 1.54) is 0 Å². The number of hydrogen-bond donors (Lipinski definition) is 8. The number of furan rings is 1. The Hall–Kier alpha value is -5.68. The molecule has 0 radical (unpaired) electrons. The lowest BCUT2D eigenvalue weighted by atomic mass is 9.98. The molecule has 1 aliphatic heterocycles. The molecule has 2 aromatic carbocycles. The van der Waals surface area contributed by atoms with Crippen molar-refractivity contribution in [1.82, 2.24) is 25.8 Å². The van der Waals surface area contributed by atoms with Crippen molar-refractivity contribution in [2.45, 2.75) is 37.8 Å². The number of pyridine rings is 1. The van der Waals surface area contributed by atoms with Gasteiger partial charge in [-0.2, -0.15) is 0 Å². The van der Waals surface area contributed by atoms with Crippen LogP contribution in [0.5, 0.6) is 5.75 Å². The number of para-hydroxylation sites is 1. The number of nitrogens with one attached hydrogen (secondary N) is 4. The second kappa shape index (κ2) is 17.5. The van der Waals surface area contributed by atoms with E-state index in [2.05, 4.69) is 38.2 Å². The average molecular weight is 720 g/mol. The summed E-state index contributed by atoms with van der Waals surface area (Å²) in [4.78, 5) is 60.9. The zero-order valence-corrected chi connectivity index (χ0v) is 28.9. The number of amides is 3. The van der Waals surface area contributed by atoms with E-state index in [0.29, 0.717) is 40.4 Å². The number of nitrogens with two attached hydrogens (primary N) is 2. The molecule has 2 atom stereocenters. The summed E-state index contributed by atoms with van der Waals surface area (Å²) in [7, 11) is 2.13. The van der Waals surface area contributed by atoms with Gasteiger partial charge in [0, 0.05) is 11.9 Å². The third-order valence-corrected chi connectivity index (χ3v) is 8.86. The molecule has 0 aliphatic carbocycles. The van der Waals surface area contributed by atoms with Crippen molar-refractivity contribution in [2.24, 2.45) is 22.4 Å². The smallest absolute Gasteiger partial charge is 0.328 e. The molecule has 1 aliphatic rings. The van der Waals surface area contributed by atoms with E-state index in [-0.39, 0.29) is 31.9 Å². The number of carbonyl (C=O) groups excluding carboxylic acids is 3. The summed E-state index contributed by atoms with van der Waals surface area (Å²) in [6, 6.07) is 10.3. The Labute approximate surface area is 299 Å². The number of carboxylic acid groups (broad SMARTS) is 1. The molecule has 17 nitrogen and oxygen atoms in total. The van der Waals surface area contributed by atoms with Gasteiger partial charge in [0.25, 0.3) is 0 Å². The van der Waals surface area contributed by atoms with Gasteiger partial charge in [-0.05, 0) is 76.0 Å². The molecule has 2 aromatic heterocycles. The summed E-state index contributed by atoms with van der Waals surface area (Å²) in [5, 5.41) is 30.3. The molecule has 52 heavy (non-hydrogen) atoms. The van der Waals surface area contributed by atoms with Crippen LogP contribution in [0.2, 0.25) is 0 Å². The molecular formula is C35H45N9O8. The number of aliphatic carboxylic acids is 1. The number of benzene rings is 2. The van der Waals surface area contributed by atoms with Gasteiger partial charge in [-0.3, -0.25) is 19.4 Å². The Morgan fingerprint density at radius 3 is 2.54 bits per heavy atom. The summed E-state index contributed by atoms with van der Waals surface area (Å²) < 4.78 is 12.5. The van der Waals surface area contributed by atoms with Crippen molar-refractivity contribution in [3.63, 3.8) is 0 Å². The summed E-state index contributed by atoms with van der Waals surface area (Å²) in [6.45, 7) is 1.36. The molecule has 278 valence electrons. The minimum absolute atomic E-state index is 0.0518. The molecule has 2 unspecified atom stereocenters. The summed E-state index contributed by atoms with van der Waals surface area (Å²) >= 11 is 0. The maximum atomic E-state index is 13.0. The maximum absolute atomic E-state index is 13.0. The van der Waals surface area contributed by atoms with E-state index in [0.717, 1.165) is 42.5 Å². The lowest BCUT2D eigenvalue weighted by molar-refractivity contribution is -0.143. The average Bonchev–Trinajstić information content (AvgIpc) is 3.49. The maximum Gasteiger partial charge on any atom is 0.328 e. The van der Waals surface area contributed by atoms with Crippen molar-refractivity contribution < 1.29 is 38.5 Å². The molecule has 0 bridgehead atoms. The number of carboxylic acids is 1. The van der Waals surface area contributed by atoms with Crippen LogP contribution in [0.15, 0.2) is 51.9 Å². The SMILES string of the molecule is CN1CCC(COc2ccc3oc4c(NCC(=O)NCC(=O)NC(CCCN=C(N)N)C(=O)NC(CO)C(=O)O)c5ccccc5nc4c3c2)CC1. The predicted molar refractivity (Wildman–Crippen MR) is 195 cm³/mol. The Bertz CT molecular complexity index is 1940. The fourth-order valence-electron chi connectivity index (χ4n) is 5.96. The van der Waals surface area contributed by atoms with Crippen LogP contribution in [0.25, 0.3) is 33.0 Å². The standard InChI is InChI=1S/C35H45N9O8/c1-44-13-10-20(11-14-44)19-51-21-8-9-27-23(15-21)31-32(52-27)30(22-5-2-3-6-24(22)42-31)40-16-28(46)39-17-29(47)41-25(7-4-12-38-35(36)37)33(48)43-26(18-45)34(49)50/h2-3,5-6,8-9,15,20,25-26,45H,4,7,10-14,16-19H2,1H3,(H,39,46)(H,40,42)(H,41,47)(H,43,48)(H,49,50)(H4,36,37,38). The highest BCUT2D eigenvalue weighted by Gasteiger charge is 2.26. The fourth-order valence-corrected chi connectivity index (χ4v) is 5.96. The molecule has 3 heterocycles. The highest BCUT2D eigenvalue weighted by Crippen LogP contribution is 2.38. The Morgan fingerprint density at radius 1 is 1.04 bits per heavy atom. The molecule has 3 amide bonds. The van der Waals surface area contributed by atoms with Crippen LogP contribution in [0.1, 0.15) is 25.7 Å². The first-order valence-corrected chi connectivity index (χ1v) is 17.1. The second-order valence-corrected chi connectivity index (χ2v) is 12.8. The molecule has 1 fully saturated rings. The minimum Gasteiger partial charge on any atom is -0.493 e. The molecular weight excluding hydrogens is 674 g/mol. The summed E-state index contributed by atoms with van der Waals surface area (Å²) in [6.07, 6.45) is 2.50. The van der Waals surface area contributed by atoms with Crippen molar-refractivity contribution in [1.29, 1.82) is 0 Å². The molecule has 1 saturated heterocycles. The van der Waals surface area contributed by atoms with E-state index < -0.39 is 48.9 Å². The highest BCUT2D eigenvalue weighted by atomic mass is 16.5. The molecule has 0 saturated carbocycles. The van der Waals surface area contributed by atoms with E-state index in [9.17, 15) is 29.4 Å². The van der Waals surface area contributed by atoms with Gasteiger partial charge in [0.2, 0.25) is 17.7 Å². The van der Waals surface area contributed by atoms with Crippen LogP contribution in [0.4, 0.5) is 5.69 Å². The molecule has 17 heteroatoms. The van der Waals surface area contributed by atoms with Crippen molar-refractivity contribution in [3.05, 3.63) is 42.5 Å². The van der Waals surface area contributed by atoms with Crippen LogP contribution in [-0.2, 0) is 19.2 Å². The number of aliphatic hydroxyl groups excluding tert-OH is 1. The quantitative estimate of drug-likeness (QED) is 0.0420. The number of guanidine groups is 1. The number of aromatic nitrogens is 1. The van der Waals surface area contributed by atoms with Gasteiger partial charge in [0.15, 0.2) is 11.5 Å². The van der Waals surface area contributed by atoms with Gasteiger partial charge in [0.05, 0.1) is 42.9 Å². The Morgan fingerprint density at radius 2 is 1.81 bits per heavy atom. The summed E-state index contributed by atoms with van der Waals surface area (Å²) in [5.74, 6) is -2.43. The molecule has 5 rings (SSSR count). The number of hydrogen-bond acceptors (Lipinski definition) is 11. The molecule has 4 aromatic rings. The minimum atomic E-state index is -1.57. The first kappa shape index (κ1) is 37.6. The van der Waals surface area contributed by atoms with Crippen molar-refractivity contribution in [2.75, 3.05) is 58.3 Å². The third kappa shape index (κ3) is 9.76. The van der Waals surface area contributed by atoms with Crippen LogP contribution in [0.3, 0.4) is 0 Å². The number of rotatable bonds is 17. The van der Waals surface area contributed by atoms with E-state index in [1.54, 1.807) is 0 Å². The van der Waals surface area contributed by atoms with Crippen molar-refractivity contribution >= 4 is 68.3 Å². The van der Waals surface area contributed by atoms with Crippen LogP contribution >= 0.6 is 0 Å². The number of anilines is 1. The lowest BCUT2D eigenvalue weighted by Crippen LogP contribution is -2.54. The Balaban J connectivity index is 1.24. The normalized spacial score (nSPS) is 14.8. The number of carbonyl (C=O) groups is 4.